The Morgan fingerprint density at radius 3 is 2.42 bits per heavy atom. The van der Waals surface area contributed by atoms with Crippen LogP contribution in [0.15, 0.2) is 0 Å². The van der Waals surface area contributed by atoms with Crippen LogP contribution in [0.3, 0.4) is 0 Å². The van der Waals surface area contributed by atoms with E-state index < -0.39 is 0 Å². The first-order valence-electron chi connectivity index (χ1n) is 4.94. The summed E-state index contributed by atoms with van der Waals surface area (Å²) in [4.78, 5) is 0. The average Bonchev–Trinajstić information content (AvgIpc) is 2.05. The Labute approximate surface area is 81.4 Å². The van der Waals surface area contributed by atoms with Crippen LogP contribution in [0.1, 0.15) is 45.4 Å². The number of hydrogen-bond acceptors (Lipinski definition) is 1. The summed E-state index contributed by atoms with van der Waals surface area (Å²) in [5, 5.41) is 0.219. The molecule has 12 heavy (non-hydrogen) atoms. The normalized spacial score (nSPS) is 13.2. The Kier molecular flexibility index (Phi) is 9.53. The standard InChI is InChI=1S/C10H21ClO/c1-3-4-5-6-7-8-10(11)9-12-2/h10H,3-9H2,1-2H3. The average molecular weight is 193 g/mol. The molecular formula is C10H21ClO. The van der Waals surface area contributed by atoms with Crippen molar-refractivity contribution in [2.24, 2.45) is 0 Å². The summed E-state index contributed by atoms with van der Waals surface area (Å²) in [6, 6.07) is 0. The number of hydrogen-bond donors (Lipinski definition) is 0. The van der Waals surface area contributed by atoms with Crippen LogP contribution in [0.25, 0.3) is 0 Å². The first kappa shape index (κ1) is 12.2. The molecule has 0 radical (unpaired) electrons. The number of rotatable bonds is 8. The third-order valence-corrected chi connectivity index (χ3v) is 2.31. The lowest BCUT2D eigenvalue weighted by Gasteiger charge is -2.06. The maximum atomic E-state index is 5.97. The van der Waals surface area contributed by atoms with E-state index in [0.29, 0.717) is 6.61 Å². The van der Waals surface area contributed by atoms with Crippen molar-refractivity contribution in [2.75, 3.05) is 13.7 Å². The van der Waals surface area contributed by atoms with E-state index in [-0.39, 0.29) is 5.38 Å². The molecule has 0 aliphatic carbocycles. The maximum Gasteiger partial charge on any atom is 0.0626 e. The molecule has 0 amide bonds. The molecule has 1 nitrogen and oxygen atoms in total. The van der Waals surface area contributed by atoms with Crippen molar-refractivity contribution in [1.29, 1.82) is 0 Å². The molecule has 0 spiro atoms. The second kappa shape index (κ2) is 9.34. The van der Waals surface area contributed by atoms with Gasteiger partial charge in [0.1, 0.15) is 0 Å². The molecule has 0 heterocycles. The summed E-state index contributed by atoms with van der Waals surface area (Å²) < 4.78 is 4.95. The Balaban J connectivity index is 2.97. The molecule has 0 saturated heterocycles. The highest BCUT2D eigenvalue weighted by molar-refractivity contribution is 6.20. The van der Waals surface area contributed by atoms with Crippen molar-refractivity contribution in [3.05, 3.63) is 0 Å². The van der Waals surface area contributed by atoms with Gasteiger partial charge in [-0.3, -0.25) is 0 Å². The van der Waals surface area contributed by atoms with Gasteiger partial charge in [-0.1, -0.05) is 39.0 Å². The summed E-state index contributed by atoms with van der Waals surface area (Å²) in [6.45, 7) is 2.92. The van der Waals surface area contributed by atoms with Crippen LogP contribution in [0, 0.1) is 0 Å². The summed E-state index contributed by atoms with van der Waals surface area (Å²) in [6.07, 6.45) is 7.68. The molecule has 0 bridgehead atoms. The molecule has 1 atom stereocenters. The lowest BCUT2D eigenvalue weighted by Crippen LogP contribution is -2.06. The van der Waals surface area contributed by atoms with Gasteiger partial charge in [0.25, 0.3) is 0 Å². The minimum atomic E-state index is 0.219. The summed E-state index contributed by atoms with van der Waals surface area (Å²) in [5.74, 6) is 0. The minimum absolute atomic E-state index is 0.219. The van der Waals surface area contributed by atoms with E-state index in [1.165, 1.54) is 32.1 Å². The molecule has 0 aromatic rings. The Morgan fingerprint density at radius 1 is 1.17 bits per heavy atom. The fourth-order valence-electron chi connectivity index (χ4n) is 1.23. The SMILES string of the molecule is CCCCCCCC(Cl)COC. The van der Waals surface area contributed by atoms with Crippen LogP contribution in [0.5, 0.6) is 0 Å². The van der Waals surface area contributed by atoms with Crippen molar-refractivity contribution in [3.8, 4) is 0 Å². The van der Waals surface area contributed by atoms with Crippen LogP contribution < -0.4 is 0 Å². The number of halogens is 1. The van der Waals surface area contributed by atoms with E-state index in [4.69, 9.17) is 16.3 Å². The molecule has 0 aliphatic rings. The van der Waals surface area contributed by atoms with Crippen molar-refractivity contribution in [1.82, 2.24) is 0 Å². The Bertz CT molecular complexity index is 85.9. The summed E-state index contributed by atoms with van der Waals surface area (Å²) in [7, 11) is 1.70. The highest BCUT2D eigenvalue weighted by atomic mass is 35.5. The predicted molar refractivity (Wildman–Crippen MR) is 54.9 cm³/mol. The zero-order chi connectivity index (χ0) is 9.23. The van der Waals surface area contributed by atoms with Crippen LogP contribution in [0.2, 0.25) is 0 Å². The zero-order valence-electron chi connectivity index (χ0n) is 8.31. The van der Waals surface area contributed by atoms with Crippen LogP contribution in [-0.4, -0.2) is 19.1 Å². The third kappa shape index (κ3) is 8.35. The fourth-order valence-corrected chi connectivity index (χ4v) is 1.51. The van der Waals surface area contributed by atoms with E-state index in [1.807, 2.05) is 0 Å². The van der Waals surface area contributed by atoms with E-state index in [2.05, 4.69) is 6.92 Å². The Hall–Kier alpha value is 0.250. The van der Waals surface area contributed by atoms with Gasteiger partial charge in [-0.25, -0.2) is 0 Å². The van der Waals surface area contributed by atoms with Gasteiger partial charge in [-0.05, 0) is 6.42 Å². The Morgan fingerprint density at radius 2 is 1.83 bits per heavy atom. The highest BCUT2D eigenvalue weighted by Crippen LogP contribution is 2.10. The molecule has 0 N–H and O–H groups in total. The molecular weight excluding hydrogens is 172 g/mol. The van der Waals surface area contributed by atoms with Gasteiger partial charge >= 0.3 is 0 Å². The highest BCUT2D eigenvalue weighted by Gasteiger charge is 2.02. The van der Waals surface area contributed by atoms with Gasteiger partial charge in [0.15, 0.2) is 0 Å². The molecule has 0 rings (SSSR count). The van der Waals surface area contributed by atoms with Gasteiger partial charge < -0.3 is 4.74 Å². The first-order chi connectivity index (χ1) is 5.81. The fraction of sp³-hybridized carbons (Fsp3) is 1.00. The van der Waals surface area contributed by atoms with Crippen LogP contribution in [-0.2, 0) is 4.74 Å². The van der Waals surface area contributed by atoms with Crippen molar-refractivity contribution < 1.29 is 4.74 Å². The maximum absolute atomic E-state index is 5.97. The molecule has 0 aromatic carbocycles. The predicted octanol–water partition coefficient (Wildman–Crippen LogP) is 3.60. The zero-order valence-corrected chi connectivity index (χ0v) is 9.07. The number of unbranched alkanes of at least 4 members (excludes halogenated alkanes) is 4. The number of alkyl halides is 1. The third-order valence-electron chi connectivity index (χ3n) is 1.97. The van der Waals surface area contributed by atoms with Gasteiger partial charge in [-0.15, -0.1) is 11.6 Å². The summed E-state index contributed by atoms with van der Waals surface area (Å²) in [5.41, 5.74) is 0. The quantitative estimate of drug-likeness (QED) is 0.422. The molecule has 2 heteroatoms. The molecule has 0 aromatic heterocycles. The first-order valence-corrected chi connectivity index (χ1v) is 5.38. The summed E-state index contributed by atoms with van der Waals surface area (Å²) >= 11 is 5.97. The minimum Gasteiger partial charge on any atom is -0.383 e. The van der Waals surface area contributed by atoms with Gasteiger partial charge in [0.05, 0.1) is 12.0 Å². The molecule has 0 saturated carbocycles. The molecule has 0 fully saturated rings. The van der Waals surface area contributed by atoms with E-state index >= 15 is 0 Å². The van der Waals surface area contributed by atoms with Gasteiger partial charge in [0, 0.05) is 7.11 Å². The van der Waals surface area contributed by atoms with Crippen molar-refractivity contribution in [2.45, 2.75) is 50.8 Å². The monoisotopic (exact) mass is 192 g/mol. The van der Waals surface area contributed by atoms with Crippen LogP contribution >= 0.6 is 11.6 Å². The van der Waals surface area contributed by atoms with E-state index in [1.54, 1.807) is 7.11 Å². The van der Waals surface area contributed by atoms with Crippen LogP contribution in [0.4, 0.5) is 0 Å². The lowest BCUT2D eigenvalue weighted by molar-refractivity contribution is 0.194. The number of methoxy groups -OCH3 is 1. The smallest absolute Gasteiger partial charge is 0.0626 e. The second-order valence-corrected chi connectivity index (χ2v) is 3.87. The van der Waals surface area contributed by atoms with E-state index in [0.717, 1.165) is 6.42 Å². The van der Waals surface area contributed by atoms with E-state index in [9.17, 15) is 0 Å². The lowest BCUT2D eigenvalue weighted by atomic mass is 10.1. The molecule has 0 aliphatic heterocycles. The second-order valence-electron chi connectivity index (χ2n) is 3.26. The molecule has 1 unspecified atom stereocenters. The molecule has 74 valence electrons. The largest absolute Gasteiger partial charge is 0.383 e. The van der Waals surface area contributed by atoms with Crippen molar-refractivity contribution >= 4 is 11.6 Å². The number of ether oxygens (including phenoxy) is 1. The topological polar surface area (TPSA) is 9.23 Å². The van der Waals surface area contributed by atoms with Crippen molar-refractivity contribution in [3.63, 3.8) is 0 Å². The van der Waals surface area contributed by atoms with Gasteiger partial charge in [0.2, 0.25) is 0 Å². The van der Waals surface area contributed by atoms with Gasteiger partial charge in [-0.2, -0.15) is 0 Å².